The summed E-state index contributed by atoms with van der Waals surface area (Å²) in [6, 6.07) is 0. The first kappa shape index (κ1) is 8.54. The lowest BCUT2D eigenvalue weighted by Gasteiger charge is -2.31. The Morgan fingerprint density at radius 3 is 2.64 bits per heavy atom. The molecule has 0 saturated carbocycles. The highest BCUT2D eigenvalue weighted by Crippen LogP contribution is 2.34. The number of hydrogen-bond donors (Lipinski definition) is 1. The van der Waals surface area contributed by atoms with Crippen molar-refractivity contribution in [1.29, 1.82) is 0 Å². The van der Waals surface area contributed by atoms with Gasteiger partial charge in [0.05, 0.1) is 0 Å². The molecule has 1 aliphatic rings. The highest BCUT2D eigenvalue weighted by atomic mass is 14.5. The molecule has 1 unspecified atom stereocenters. The van der Waals surface area contributed by atoms with Crippen LogP contribution < -0.4 is 5.73 Å². The predicted molar refractivity (Wildman–Crippen MR) is 49.2 cm³/mol. The smallest absolute Gasteiger partial charge is 0.00713 e. The van der Waals surface area contributed by atoms with E-state index in [2.05, 4.69) is 38.2 Å². The van der Waals surface area contributed by atoms with E-state index in [-0.39, 0.29) is 0 Å². The summed E-state index contributed by atoms with van der Waals surface area (Å²) in [7, 11) is 0. The Balaban J connectivity index is 2.64. The van der Waals surface area contributed by atoms with Crippen molar-refractivity contribution in [3.8, 4) is 0 Å². The molecule has 0 heterocycles. The van der Waals surface area contributed by atoms with Gasteiger partial charge in [-0.25, -0.2) is 0 Å². The van der Waals surface area contributed by atoms with E-state index in [0.717, 1.165) is 13.0 Å². The minimum Gasteiger partial charge on any atom is -0.330 e. The molecule has 0 bridgehead atoms. The third-order valence-corrected chi connectivity index (χ3v) is 2.41. The van der Waals surface area contributed by atoms with Crippen LogP contribution in [0.15, 0.2) is 24.3 Å². The second-order valence-electron chi connectivity index (χ2n) is 3.75. The van der Waals surface area contributed by atoms with E-state index in [1.54, 1.807) is 0 Å². The summed E-state index contributed by atoms with van der Waals surface area (Å²) in [4.78, 5) is 0. The molecule has 0 spiro atoms. The predicted octanol–water partition coefficient (Wildman–Crippen LogP) is 2.10. The maximum absolute atomic E-state index is 5.52. The quantitative estimate of drug-likeness (QED) is 0.642. The number of nitrogens with two attached hydrogens (primary N) is 1. The van der Waals surface area contributed by atoms with Crippen molar-refractivity contribution in [3.05, 3.63) is 24.3 Å². The van der Waals surface area contributed by atoms with Crippen LogP contribution in [0.5, 0.6) is 0 Å². The highest BCUT2D eigenvalue weighted by Gasteiger charge is 2.24. The van der Waals surface area contributed by atoms with Crippen LogP contribution in [0.4, 0.5) is 0 Å². The van der Waals surface area contributed by atoms with E-state index < -0.39 is 0 Å². The zero-order chi connectivity index (χ0) is 8.32. The van der Waals surface area contributed by atoms with Gasteiger partial charge < -0.3 is 5.73 Å². The SMILES string of the molecule is CC1(C)C=CC=CC1CCN. The van der Waals surface area contributed by atoms with Crippen molar-refractivity contribution in [2.45, 2.75) is 20.3 Å². The van der Waals surface area contributed by atoms with Crippen LogP contribution in [-0.2, 0) is 0 Å². The Kier molecular flexibility index (Phi) is 2.50. The minimum atomic E-state index is 0.300. The van der Waals surface area contributed by atoms with Gasteiger partial charge in [-0.1, -0.05) is 38.2 Å². The van der Waals surface area contributed by atoms with Crippen molar-refractivity contribution < 1.29 is 0 Å². The molecule has 0 fully saturated rings. The lowest BCUT2D eigenvalue weighted by molar-refractivity contribution is 0.324. The van der Waals surface area contributed by atoms with Gasteiger partial charge in [0, 0.05) is 0 Å². The summed E-state index contributed by atoms with van der Waals surface area (Å²) in [5.41, 5.74) is 5.82. The molecule has 62 valence electrons. The molecule has 1 atom stereocenters. The first-order chi connectivity index (χ1) is 5.17. The van der Waals surface area contributed by atoms with E-state index in [1.165, 1.54) is 0 Å². The summed E-state index contributed by atoms with van der Waals surface area (Å²) in [5.74, 6) is 0.623. The molecule has 0 amide bonds. The van der Waals surface area contributed by atoms with Crippen molar-refractivity contribution in [1.82, 2.24) is 0 Å². The summed E-state index contributed by atoms with van der Waals surface area (Å²) < 4.78 is 0. The Hall–Kier alpha value is -0.560. The molecule has 0 aromatic heterocycles. The van der Waals surface area contributed by atoms with Crippen LogP contribution in [0.2, 0.25) is 0 Å². The minimum absolute atomic E-state index is 0.300. The Morgan fingerprint density at radius 1 is 1.36 bits per heavy atom. The molecule has 0 aromatic rings. The second-order valence-corrected chi connectivity index (χ2v) is 3.75. The van der Waals surface area contributed by atoms with Gasteiger partial charge in [0.15, 0.2) is 0 Å². The van der Waals surface area contributed by atoms with Crippen LogP contribution in [0.1, 0.15) is 20.3 Å². The summed E-state index contributed by atoms with van der Waals surface area (Å²) in [6.07, 6.45) is 9.84. The van der Waals surface area contributed by atoms with Gasteiger partial charge >= 0.3 is 0 Å². The molecule has 0 saturated heterocycles. The molecular formula is C10H17N. The van der Waals surface area contributed by atoms with Gasteiger partial charge in [0.2, 0.25) is 0 Å². The average molecular weight is 151 g/mol. The first-order valence-corrected chi connectivity index (χ1v) is 4.23. The van der Waals surface area contributed by atoms with Crippen LogP contribution in [0.25, 0.3) is 0 Å². The van der Waals surface area contributed by atoms with Crippen LogP contribution in [0.3, 0.4) is 0 Å². The fourth-order valence-electron chi connectivity index (χ4n) is 1.52. The average Bonchev–Trinajstić information content (AvgIpc) is 1.94. The maximum Gasteiger partial charge on any atom is -0.00713 e. The van der Waals surface area contributed by atoms with Crippen LogP contribution >= 0.6 is 0 Å². The molecule has 1 aliphatic carbocycles. The highest BCUT2D eigenvalue weighted by molar-refractivity contribution is 5.17. The Bertz CT molecular complexity index is 177. The van der Waals surface area contributed by atoms with E-state index in [4.69, 9.17) is 5.73 Å². The topological polar surface area (TPSA) is 26.0 Å². The van der Waals surface area contributed by atoms with Crippen molar-refractivity contribution >= 4 is 0 Å². The Morgan fingerprint density at radius 2 is 2.09 bits per heavy atom. The molecule has 11 heavy (non-hydrogen) atoms. The largest absolute Gasteiger partial charge is 0.330 e. The maximum atomic E-state index is 5.52. The lowest BCUT2D eigenvalue weighted by atomic mass is 9.74. The van der Waals surface area contributed by atoms with E-state index in [1.807, 2.05) is 0 Å². The van der Waals surface area contributed by atoms with E-state index >= 15 is 0 Å². The van der Waals surface area contributed by atoms with Crippen LogP contribution in [0, 0.1) is 11.3 Å². The van der Waals surface area contributed by atoms with Gasteiger partial charge in [-0.15, -0.1) is 0 Å². The van der Waals surface area contributed by atoms with E-state index in [0.29, 0.717) is 11.3 Å². The molecule has 0 aliphatic heterocycles. The second kappa shape index (κ2) is 3.22. The monoisotopic (exact) mass is 151 g/mol. The van der Waals surface area contributed by atoms with Crippen molar-refractivity contribution in [2.75, 3.05) is 6.54 Å². The van der Waals surface area contributed by atoms with Crippen LogP contribution in [-0.4, -0.2) is 6.54 Å². The molecule has 1 rings (SSSR count). The normalized spacial score (nSPS) is 27.4. The molecule has 1 nitrogen and oxygen atoms in total. The van der Waals surface area contributed by atoms with Gasteiger partial charge in [-0.05, 0) is 24.3 Å². The number of rotatable bonds is 2. The Labute approximate surface area is 69.0 Å². The fraction of sp³-hybridized carbons (Fsp3) is 0.600. The number of allylic oxidation sites excluding steroid dienone is 4. The zero-order valence-corrected chi connectivity index (χ0v) is 7.38. The summed E-state index contributed by atoms with van der Waals surface area (Å²) >= 11 is 0. The van der Waals surface area contributed by atoms with Gasteiger partial charge in [0.1, 0.15) is 0 Å². The van der Waals surface area contributed by atoms with Gasteiger partial charge in [-0.3, -0.25) is 0 Å². The molecule has 0 aromatic carbocycles. The van der Waals surface area contributed by atoms with Gasteiger partial charge in [-0.2, -0.15) is 0 Å². The molecule has 1 heteroatoms. The number of hydrogen-bond acceptors (Lipinski definition) is 1. The van der Waals surface area contributed by atoms with Crippen molar-refractivity contribution in [3.63, 3.8) is 0 Å². The third-order valence-electron chi connectivity index (χ3n) is 2.41. The van der Waals surface area contributed by atoms with E-state index in [9.17, 15) is 0 Å². The third kappa shape index (κ3) is 1.93. The summed E-state index contributed by atoms with van der Waals surface area (Å²) in [5, 5.41) is 0. The lowest BCUT2D eigenvalue weighted by Crippen LogP contribution is -2.24. The fourth-order valence-corrected chi connectivity index (χ4v) is 1.52. The van der Waals surface area contributed by atoms with Gasteiger partial charge in [0.25, 0.3) is 0 Å². The molecular weight excluding hydrogens is 134 g/mol. The zero-order valence-electron chi connectivity index (χ0n) is 7.38. The summed E-state index contributed by atoms with van der Waals surface area (Å²) in [6.45, 7) is 5.30. The standard InChI is InChI=1S/C10H17N/c1-10(2)7-4-3-5-9(10)6-8-11/h3-5,7,9H,6,8,11H2,1-2H3. The first-order valence-electron chi connectivity index (χ1n) is 4.23. The van der Waals surface area contributed by atoms with Crippen molar-refractivity contribution in [2.24, 2.45) is 17.1 Å². The molecule has 0 radical (unpaired) electrons. The molecule has 2 N–H and O–H groups in total.